The minimum atomic E-state index is -1.39. The fourth-order valence-electron chi connectivity index (χ4n) is 4.32. The van der Waals surface area contributed by atoms with Crippen molar-refractivity contribution in [1.82, 2.24) is 0 Å². The lowest BCUT2D eigenvalue weighted by molar-refractivity contribution is -0.105. The van der Waals surface area contributed by atoms with Crippen molar-refractivity contribution in [3.05, 3.63) is 54.1 Å². The Morgan fingerprint density at radius 2 is 1.53 bits per heavy atom. The van der Waals surface area contributed by atoms with Crippen molar-refractivity contribution in [1.29, 1.82) is 0 Å². The smallest absolute Gasteiger partial charge is 0.199 e. The maximum absolute atomic E-state index is 6.13. The van der Waals surface area contributed by atoms with E-state index in [9.17, 15) is 0 Å². The van der Waals surface area contributed by atoms with Gasteiger partial charge in [-0.15, -0.1) is 0 Å². The monoisotopic (exact) mass is 454 g/mol. The summed E-state index contributed by atoms with van der Waals surface area (Å²) in [7, 11) is -1.39. The summed E-state index contributed by atoms with van der Waals surface area (Å²) in [4.78, 5) is 0. The van der Waals surface area contributed by atoms with Crippen LogP contribution in [-0.2, 0) is 15.6 Å². The lowest BCUT2D eigenvalue weighted by Gasteiger charge is -2.23. The summed E-state index contributed by atoms with van der Waals surface area (Å²) in [5.41, 5.74) is 3.91. The first-order valence-corrected chi connectivity index (χ1v) is 16.0. The van der Waals surface area contributed by atoms with E-state index in [-0.39, 0.29) is 6.29 Å². The van der Waals surface area contributed by atoms with Gasteiger partial charge in [-0.05, 0) is 87.5 Å². The van der Waals surface area contributed by atoms with Gasteiger partial charge in [0.25, 0.3) is 0 Å². The van der Waals surface area contributed by atoms with Gasteiger partial charge in [-0.25, -0.2) is 0 Å². The second kappa shape index (κ2) is 12.6. The quantitative estimate of drug-likeness (QED) is 0.240. The van der Waals surface area contributed by atoms with Crippen molar-refractivity contribution >= 4 is 8.32 Å². The topological polar surface area (TPSA) is 27.7 Å². The van der Waals surface area contributed by atoms with Crippen LogP contribution >= 0.6 is 0 Å². The Bertz CT molecular complexity index is 774. The molecule has 3 nitrogen and oxygen atoms in total. The highest BCUT2D eigenvalue weighted by molar-refractivity contribution is 6.69. The third kappa shape index (κ3) is 9.09. The summed E-state index contributed by atoms with van der Waals surface area (Å²) >= 11 is 0. The van der Waals surface area contributed by atoms with Gasteiger partial charge in [0.2, 0.25) is 0 Å². The van der Waals surface area contributed by atoms with Gasteiger partial charge in [0.1, 0.15) is 5.75 Å². The molecule has 0 aliphatic carbocycles. The largest absolute Gasteiger partial charge is 0.465 e. The highest BCUT2D eigenvalue weighted by Crippen LogP contribution is 2.25. The Labute approximate surface area is 196 Å². The second-order valence-corrected chi connectivity index (χ2v) is 14.6. The molecular formula is C28H42O3Si. The molecule has 0 aromatic heterocycles. The van der Waals surface area contributed by atoms with Crippen molar-refractivity contribution in [3.63, 3.8) is 0 Å². The van der Waals surface area contributed by atoms with Crippen LogP contribution in [0.5, 0.6) is 5.75 Å². The summed E-state index contributed by atoms with van der Waals surface area (Å²) in [6, 6.07) is 17.4. The predicted octanol–water partition coefficient (Wildman–Crippen LogP) is 7.99. The molecule has 0 saturated carbocycles. The van der Waals surface area contributed by atoms with Gasteiger partial charge in [-0.2, -0.15) is 0 Å². The van der Waals surface area contributed by atoms with Crippen molar-refractivity contribution in [2.24, 2.45) is 0 Å². The first kappa shape index (κ1) is 25.0. The Morgan fingerprint density at radius 1 is 0.875 bits per heavy atom. The van der Waals surface area contributed by atoms with Gasteiger partial charge in [0.05, 0.1) is 6.61 Å². The average molecular weight is 455 g/mol. The molecule has 1 fully saturated rings. The van der Waals surface area contributed by atoms with Crippen molar-refractivity contribution in [3.8, 4) is 16.9 Å². The summed E-state index contributed by atoms with van der Waals surface area (Å²) in [6.45, 7) is 9.84. The number of ether oxygens (including phenoxy) is 2. The first-order chi connectivity index (χ1) is 15.4. The Hall–Kier alpha value is -1.62. The van der Waals surface area contributed by atoms with E-state index in [1.54, 1.807) is 0 Å². The first-order valence-electron chi connectivity index (χ1n) is 12.5. The molecule has 1 saturated heterocycles. The Morgan fingerprint density at radius 3 is 2.16 bits per heavy atom. The molecule has 1 heterocycles. The van der Waals surface area contributed by atoms with Crippen molar-refractivity contribution < 1.29 is 13.9 Å². The molecule has 32 heavy (non-hydrogen) atoms. The molecule has 3 rings (SSSR count). The van der Waals surface area contributed by atoms with E-state index in [0.717, 1.165) is 31.6 Å². The molecule has 2 unspecified atom stereocenters. The molecule has 4 heteroatoms. The normalized spacial score (nSPS) is 17.8. The number of aryl methyl sites for hydroxylation is 1. The summed E-state index contributed by atoms with van der Waals surface area (Å²) in [5, 5.41) is 0. The number of hydrogen-bond donors (Lipinski definition) is 0. The highest BCUT2D eigenvalue weighted by Gasteiger charge is 2.17. The van der Waals surface area contributed by atoms with Crippen LogP contribution in [0.1, 0.15) is 63.9 Å². The van der Waals surface area contributed by atoms with Crippen LogP contribution in [0.2, 0.25) is 19.6 Å². The molecule has 2 aromatic rings. The summed E-state index contributed by atoms with van der Waals surface area (Å²) in [5.74, 6) is 0.888. The van der Waals surface area contributed by atoms with Gasteiger partial charge >= 0.3 is 0 Å². The van der Waals surface area contributed by atoms with E-state index >= 15 is 0 Å². The lowest BCUT2D eigenvalue weighted by Crippen LogP contribution is -2.30. The third-order valence-electron chi connectivity index (χ3n) is 5.93. The molecular weight excluding hydrogens is 412 g/mol. The van der Waals surface area contributed by atoms with E-state index < -0.39 is 8.32 Å². The molecule has 2 atom stereocenters. The number of unbranched alkanes of at least 4 members (excludes halogenated alkanes) is 3. The van der Waals surface area contributed by atoms with Crippen LogP contribution in [0, 0.1) is 0 Å². The molecule has 0 N–H and O–H groups in total. The second-order valence-electron chi connectivity index (χ2n) is 10.1. The number of hydrogen-bond acceptors (Lipinski definition) is 3. The fourth-order valence-corrected chi connectivity index (χ4v) is 5.65. The van der Waals surface area contributed by atoms with Crippen LogP contribution in [-0.4, -0.2) is 27.3 Å². The van der Waals surface area contributed by atoms with E-state index in [2.05, 4.69) is 75.1 Å². The van der Waals surface area contributed by atoms with Gasteiger partial charge in [-0.3, -0.25) is 0 Å². The van der Waals surface area contributed by atoms with Crippen LogP contribution < -0.4 is 4.74 Å². The minimum Gasteiger partial charge on any atom is -0.465 e. The van der Waals surface area contributed by atoms with Crippen LogP contribution in [0.3, 0.4) is 0 Å². The van der Waals surface area contributed by atoms with E-state index in [1.165, 1.54) is 55.2 Å². The van der Waals surface area contributed by atoms with Gasteiger partial charge in [0.15, 0.2) is 14.6 Å². The van der Waals surface area contributed by atoms with Crippen LogP contribution in [0.15, 0.2) is 48.5 Å². The molecule has 0 radical (unpaired) electrons. The molecule has 0 bridgehead atoms. The Kier molecular flexibility index (Phi) is 9.83. The fraction of sp³-hybridized carbons (Fsp3) is 0.571. The molecule has 176 valence electrons. The van der Waals surface area contributed by atoms with Crippen molar-refractivity contribution in [2.75, 3.05) is 6.61 Å². The molecule has 0 spiro atoms. The molecule has 0 amide bonds. The van der Waals surface area contributed by atoms with Gasteiger partial charge in [0, 0.05) is 12.5 Å². The number of benzene rings is 2. The SMILES string of the molecule is CC(CCCCCCc1ccc(-c2ccc(OC3CCCCO3)cc2)cc1)O[Si](C)(C)C. The zero-order valence-electron chi connectivity index (χ0n) is 20.6. The van der Waals surface area contributed by atoms with Gasteiger partial charge in [-0.1, -0.05) is 55.7 Å². The Balaban J connectivity index is 1.35. The lowest BCUT2D eigenvalue weighted by atomic mass is 10.0. The van der Waals surface area contributed by atoms with E-state index in [1.807, 2.05) is 0 Å². The van der Waals surface area contributed by atoms with Crippen molar-refractivity contribution in [2.45, 2.75) is 96.7 Å². The standard InChI is InChI=1S/C28H42O3Si/c1-23(31-32(2,3)4)11-7-5-6-8-12-24-14-16-25(17-15-24)26-18-20-27(21-19-26)30-28-13-9-10-22-29-28/h14-21,23,28H,5-13,22H2,1-4H3. The van der Waals surface area contributed by atoms with Crippen LogP contribution in [0.4, 0.5) is 0 Å². The maximum atomic E-state index is 6.13. The maximum Gasteiger partial charge on any atom is 0.199 e. The van der Waals surface area contributed by atoms with Gasteiger partial charge < -0.3 is 13.9 Å². The van der Waals surface area contributed by atoms with E-state index in [0.29, 0.717) is 6.10 Å². The molecule has 1 aliphatic rings. The number of rotatable bonds is 12. The third-order valence-corrected chi connectivity index (χ3v) is 7.04. The molecule has 2 aromatic carbocycles. The van der Waals surface area contributed by atoms with E-state index in [4.69, 9.17) is 13.9 Å². The summed E-state index contributed by atoms with van der Waals surface area (Å²) < 4.78 is 17.7. The minimum absolute atomic E-state index is 0.0873. The summed E-state index contributed by atoms with van der Waals surface area (Å²) in [6.07, 6.45) is 11.1. The molecule has 1 aliphatic heterocycles. The highest BCUT2D eigenvalue weighted by atomic mass is 28.4. The zero-order valence-corrected chi connectivity index (χ0v) is 21.6. The average Bonchev–Trinajstić information content (AvgIpc) is 2.77. The van der Waals surface area contributed by atoms with Crippen LogP contribution in [0.25, 0.3) is 11.1 Å². The zero-order chi connectivity index (χ0) is 22.8. The predicted molar refractivity (Wildman–Crippen MR) is 137 cm³/mol.